The van der Waals surface area contributed by atoms with Gasteiger partial charge in [0, 0.05) is 18.2 Å². The number of pyridine rings is 3. The van der Waals surface area contributed by atoms with Gasteiger partial charge in [0.05, 0.1) is 41.6 Å². The van der Waals surface area contributed by atoms with Crippen molar-refractivity contribution < 1.29 is 28.6 Å². The summed E-state index contributed by atoms with van der Waals surface area (Å²) in [6.45, 7) is 0.0307. The third-order valence-electron chi connectivity index (χ3n) is 8.07. The van der Waals surface area contributed by atoms with Gasteiger partial charge in [-0.2, -0.15) is 0 Å². The van der Waals surface area contributed by atoms with Crippen LogP contribution in [0.25, 0.3) is 11.0 Å². The number of carbonyl (C=O) groups is 2. The summed E-state index contributed by atoms with van der Waals surface area (Å²) < 4.78 is 28.0. The van der Waals surface area contributed by atoms with Crippen LogP contribution >= 0.6 is 0 Å². The minimum absolute atomic E-state index is 0.0522. The first kappa shape index (κ1) is 25.4. The zero-order valence-corrected chi connectivity index (χ0v) is 21.2. The molecule has 3 aliphatic heterocycles. The largest absolute Gasteiger partial charge is 0.480 e. The van der Waals surface area contributed by atoms with E-state index in [9.17, 15) is 23.9 Å². The predicted molar refractivity (Wildman–Crippen MR) is 137 cm³/mol. The molecule has 12 heteroatoms. The lowest BCUT2D eigenvalue weighted by Gasteiger charge is -2.53. The van der Waals surface area contributed by atoms with Crippen molar-refractivity contribution >= 4 is 28.7 Å². The second kappa shape index (κ2) is 9.69. The molecule has 2 bridgehead atoms. The number of hydrogen-bond donors (Lipinski definition) is 3. The van der Waals surface area contributed by atoms with Gasteiger partial charge in [-0.15, -0.1) is 0 Å². The number of carbonyl (C=O) groups excluding carboxylic acids is 2. The average molecular weight is 538 g/mol. The van der Waals surface area contributed by atoms with Crippen molar-refractivity contribution in [3.63, 3.8) is 0 Å². The molecular weight excluding hydrogens is 509 g/mol. The van der Waals surface area contributed by atoms with Gasteiger partial charge < -0.3 is 29.8 Å². The zero-order chi connectivity index (χ0) is 27.2. The Balaban J connectivity index is 1.15. The summed E-state index contributed by atoms with van der Waals surface area (Å²) >= 11 is 0. The molecule has 2 saturated heterocycles. The van der Waals surface area contributed by atoms with E-state index >= 15 is 0 Å². The lowest BCUT2D eigenvalue weighted by atomic mass is 9.69. The summed E-state index contributed by atoms with van der Waals surface area (Å²) in [6, 6.07) is 6.11. The number of aliphatic hydroxyl groups excluding tert-OH is 1. The summed E-state index contributed by atoms with van der Waals surface area (Å²) in [5, 5.41) is 15.2. The molecule has 6 heterocycles. The molecule has 2 amide bonds. The van der Waals surface area contributed by atoms with E-state index in [2.05, 4.69) is 20.6 Å². The number of fused-ring (bicyclic) bond motifs is 5. The standard InChI is InChI=1S/C27H28FN5O6/c28-17-13-29-18-2-4-22(36)33(11-12-34)23(18)16(17)5-6-27-9-7-26(8-10-27,15-39-27)32-25(37)19-1-3-20-24(30-19)31-21(35)14-38-20/h1-4,13,34H,5-12,14-15H2,(H,32,37)(H,30,31,35). The molecule has 3 aromatic heterocycles. The fraction of sp³-hybridized carbons (Fsp3) is 0.444. The molecule has 39 heavy (non-hydrogen) atoms. The molecule has 3 fully saturated rings. The Bertz CT molecular complexity index is 1510. The highest BCUT2D eigenvalue weighted by Gasteiger charge is 2.50. The van der Waals surface area contributed by atoms with Gasteiger partial charge in [0.25, 0.3) is 17.4 Å². The van der Waals surface area contributed by atoms with Crippen molar-refractivity contribution in [3.05, 3.63) is 57.9 Å². The Morgan fingerprint density at radius 3 is 2.74 bits per heavy atom. The van der Waals surface area contributed by atoms with E-state index in [0.29, 0.717) is 67.5 Å². The molecule has 204 valence electrons. The van der Waals surface area contributed by atoms with Crippen LogP contribution in [-0.2, 0) is 22.5 Å². The molecule has 1 aliphatic carbocycles. The molecule has 3 N–H and O–H groups in total. The molecular formula is C27H28FN5O6. The smallest absolute Gasteiger partial charge is 0.270 e. The number of rotatable bonds is 7. The minimum Gasteiger partial charge on any atom is -0.480 e. The first-order chi connectivity index (χ1) is 18.8. The fourth-order valence-electron chi connectivity index (χ4n) is 5.86. The summed E-state index contributed by atoms with van der Waals surface area (Å²) in [5.41, 5.74) is 0.135. The van der Waals surface area contributed by atoms with Crippen molar-refractivity contribution in [1.82, 2.24) is 19.9 Å². The van der Waals surface area contributed by atoms with Gasteiger partial charge in [0.1, 0.15) is 11.5 Å². The maximum Gasteiger partial charge on any atom is 0.270 e. The van der Waals surface area contributed by atoms with Crippen LogP contribution in [0.1, 0.15) is 48.2 Å². The molecule has 4 aliphatic rings. The van der Waals surface area contributed by atoms with Crippen molar-refractivity contribution in [2.24, 2.45) is 0 Å². The number of nitrogens with zero attached hydrogens (tertiary/aromatic N) is 3. The van der Waals surface area contributed by atoms with Crippen LogP contribution in [0, 0.1) is 5.82 Å². The van der Waals surface area contributed by atoms with Gasteiger partial charge in [-0.3, -0.25) is 19.4 Å². The van der Waals surface area contributed by atoms with E-state index in [1.54, 1.807) is 18.2 Å². The number of anilines is 1. The molecule has 3 aromatic rings. The molecule has 0 unspecified atom stereocenters. The van der Waals surface area contributed by atoms with E-state index in [0.717, 1.165) is 0 Å². The maximum absolute atomic E-state index is 15.0. The number of aryl methyl sites for hydroxylation is 1. The number of amides is 2. The van der Waals surface area contributed by atoms with Gasteiger partial charge >= 0.3 is 0 Å². The van der Waals surface area contributed by atoms with Crippen LogP contribution in [0.5, 0.6) is 5.75 Å². The second-order valence-electron chi connectivity index (χ2n) is 10.5. The number of halogens is 1. The lowest BCUT2D eigenvalue weighted by Crippen LogP contribution is -2.63. The Morgan fingerprint density at radius 2 is 2.00 bits per heavy atom. The first-order valence-corrected chi connectivity index (χ1v) is 13.0. The van der Waals surface area contributed by atoms with Crippen LogP contribution in [-0.4, -0.2) is 62.4 Å². The van der Waals surface area contributed by atoms with Crippen LogP contribution in [0.4, 0.5) is 10.2 Å². The summed E-state index contributed by atoms with van der Waals surface area (Å²) in [7, 11) is 0. The molecule has 0 aromatic carbocycles. The third kappa shape index (κ3) is 4.63. The van der Waals surface area contributed by atoms with Gasteiger partial charge in [-0.25, -0.2) is 9.37 Å². The predicted octanol–water partition coefficient (Wildman–Crippen LogP) is 1.70. The van der Waals surface area contributed by atoms with E-state index in [1.165, 1.54) is 16.8 Å². The minimum atomic E-state index is -0.535. The van der Waals surface area contributed by atoms with Gasteiger partial charge in [-0.1, -0.05) is 0 Å². The number of hydrogen-bond acceptors (Lipinski definition) is 8. The van der Waals surface area contributed by atoms with Crippen LogP contribution in [0.2, 0.25) is 0 Å². The topological polar surface area (TPSA) is 145 Å². The van der Waals surface area contributed by atoms with Crippen LogP contribution in [0.15, 0.2) is 35.3 Å². The monoisotopic (exact) mass is 537 g/mol. The first-order valence-electron chi connectivity index (χ1n) is 13.0. The maximum atomic E-state index is 15.0. The number of ether oxygens (including phenoxy) is 2. The Morgan fingerprint density at radius 1 is 1.18 bits per heavy atom. The lowest BCUT2D eigenvalue weighted by molar-refractivity contribution is -0.162. The summed E-state index contributed by atoms with van der Waals surface area (Å²) in [4.78, 5) is 45.5. The number of aliphatic hydroxyl groups is 1. The highest BCUT2D eigenvalue weighted by atomic mass is 19.1. The molecule has 0 radical (unpaired) electrons. The normalized spacial score (nSPS) is 23.7. The molecule has 0 spiro atoms. The second-order valence-corrected chi connectivity index (χ2v) is 10.5. The van der Waals surface area contributed by atoms with E-state index in [-0.39, 0.29) is 48.6 Å². The Kier molecular flexibility index (Phi) is 6.31. The number of aromatic nitrogens is 3. The average Bonchev–Trinajstić information content (AvgIpc) is 2.94. The third-order valence-corrected chi connectivity index (χ3v) is 8.07. The number of nitrogens with one attached hydrogen (secondary N) is 2. The van der Waals surface area contributed by atoms with Crippen molar-refractivity contribution in [2.45, 2.75) is 56.2 Å². The Hall–Kier alpha value is -3.90. The fourth-order valence-corrected chi connectivity index (χ4v) is 5.86. The van der Waals surface area contributed by atoms with Crippen LogP contribution < -0.4 is 20.9 Å². The molecule has 0 atom stereocenters. The summed E-state index contributed by atoms with van der Waals surface area (Å²) in [6.07, 6.45) is 4.80. The quantitative estimate of drug-likeness (QED) is 0.413. The van der Waals surface area contributed by atoms with Crippen molar-refractivity contribution in [2.75, 3.05) is 25.1 Å². The molecule has 11 nitrogen and oxygen atoms in total. The van der Waals surface area contributed by atoms with Gasteiger partial charge in [-0.05, 0) is 56.7 Å². The van der Waals surface area contributed by atoms with E-state index in [1.807, 2.05) is 0 Å². The van der Waals surface area contributed by atoms with Gasteiger partial charge in [0.15, 0.2) is 18.2 Å². The molecule has 7 rings (SSSR count). The van der Waals surface area contributed by atoms with E-state index in [4.69, 9.17) is 9.47 Å². The highest BCUT2D eigenvalue weighted by Crippen LogP contribution is 2.46. The van der Waals surface area contributed by atoms with E-state index < -0.39 is 17.0 Å². The highest BCUT2D eigenvalue weighted by molar-refractivity contribution is 5.97. The zero-order valence-electron chi connectivity index (χ0n) is 21.2. The Labute approximate surface area is 222 Å². The molecule has 1 saturated carbocycles. The van der Waals surface area contributed by atoms with Crippen LogP contribution in [0.3, 0.4) is 0 Å². The van der Waals surface area contributed by atoms with Gasteiger partial charge in [0.2, 0.25) is 0 Å². The SMILES string of the molecule is O=C1COc2ccc(C(=O)NC34CCC(CCc5c(F)cnc6ccc(=O)n(CCO)c56)(CC3)OC4)nc2N1. The summed E-state index contributed by atoms with van der Waals surface area (Å²) in [5.74, 6) is -0.545. The van der Waals surface area contributed by atoms with Crippen molar-refractivity contribution in [3.8, 4) is 5.75 Å². The van der Waals surface area contributed by atoms with Crippen molar-refractivity contribution in [1.29, 1.82) is 0 Å².